The number of para-hydroxylation sites is 1. The van der Waals surface area contributed by atoms with Crippen LogP contribution in [0.3, 0.4) is 0 Å². The number of allylic oxidation sites excluding steroid dienone is 7. The quantitative estimate of drug-likeness (QED) is 0.0562. The van der Waals surface area contributed by atoms with Crippen molar-refractivity contribution >= 4 is 218 Å². The van der Waals surface area contributed by atoms with Crippen molar-refractivity contribution in [3.8, 4) is 45.0 Å². The monoisotopic (exact) mass is 2610 g/mol. The fourth-order valence-corrected chi connectivity index (χ4v) is 20.1. The number of benzene rings is 17. The largest absolute Gasteiger partial charge is 0.512 e. The molecule has 0 saturated carbocycles. The van der Waals surface area contributed by atoms with Crippen molar-refractivity contribution in [2.24, 2.45) is 0 Å². The molecular formula is C126H92Ir4N4O9S-4. The standard InChI is InChI=1S/2C29H16NO.C28H20NO.C24H14NS.C6H10O2.2C5H8O2.4Ir/c1-3-9-21-19(7-1)20-8-2-4-10-22(20)24-17-29-26(16-23(21)24)25-15-18(12-13-28(25)31-29)27-11-5-6-14-30-27;1-3-8-21-18(6-1)12-13-20-16-28-25(17-24(20)21)22-9-5-10-23(29(22)31-28)27-15-14-19-7-2-4-11-26(19)30-27;1-17(2)18-14-15-24(29-16-18)23-12-7-13-25-26(23)27-21-10-5-3-8-19(21)20-9-4-6-11-22(20)28(27)30-25;1-2-13-25-19(11-1)17-9-5-12-20-23(17)24-18-10-4-7-15-6-3-8-16(22(15)18)14-21(24)26-20;1-4(5(2)7)6(3)8;2*1-4(6)3-5(2)7;;;;/h1-11,13-17H;1-9,11-17H;3-11,13-17H,1-2H3;1-5,7-8,10-14H,6H2;7H,1-3H3;2*3,6H,1-2H3;;;;/q4*-1;;;;;;;. The number of fused-ring (bicyclic) bond motifs is 28. The van der Waals surface area contributed by atoms with E-state index in [4.69, 9.17) is 38.5 Å². The van der Waals surface area contributed by atoms with Crippen LogP contribution in [0.2, 0.25) is 0 Å². The van der Waals surface area contributed by atoms with E-state index < -0.39 is 0 Å². The summed E-state index contributed by atoms with van der Waals surface area (Å²) < 4.78 is 21.7. The van der Waals surface area contributed by atoms with Gasteiger partial charge in [0, 0.05) is 138 Å². The minimum Gasteiger partial charge on any atom is -0.512 e. The van der Waals surface area contributed by atoms with Gasteiger partial charge >= 0.3 is 0 Å². The first-order valence-corrected chi connectivity index (χ1v) is 47.2. The number of pyridine rings is 4. The van der Waals surface area contributed by atoms with Crippen molar-refractivity contribution in [2.45, 2.75) is 74.7 Å². The fourth-order valence-electron chi connectivity index (χ4n) is 18.9. The van der Waals surface area contributed by atoms with Gasteiger partial charge in [-0.15, -0.1) is 83.4 Å². The van der Waals surface area contributed by atoms with Crippen molar-refractivity contribution in [3.05, 3.63) is 416 Å². The van der Waals surface area contributed by atoms with Gasteiger partial charge in [-0.05, 0) is 250 Å². The van der Waals surface area contributed by atoms with Crippen LogP contribution in [0.5, 0.6) is 0 Å². The summed E-state index contributed by atoms with van der Waals surface area (Å²) in [6, 6.07) is 124. The third-order valence-electron chi connectivity index (χ3n) is 25.5. The molecule has 0 fully saturated rings. The number of ketones is 3. The van der Waals surface area contributed by atoms with E-state index in [1.165, 1.54) is 171 Å². The Bertz CT molecular complexity index is 9370. The van der Waals surface area contributed by atoms with Crippen molar-refractivity contribution in [3.63, 3.8) is 0 Å². The van der Waals surface area contributed by atoms with Crippen molar-refractivity contribution in [1.82, 2.24) is 19.9 Å². The van der Waals surface area contributed by atoms with Crippen LogP contribution < -0.4 is 0 Å². The van der Waals surface area contributed by atoms with Gasteiger partial charge in [0.1, 0.15) is 16.7 Å². The third-order valence-corrected chi connectivity index (χ3v) is 26.6. The minimum absolute atomic E-state index is 0. The van der Waals surface area contributed by atoms with E-state index in [2.05, 4.69) is 291 Å². The number of aromatic nitrogens is 4. The van der Waals surface area contributed by atoms with E-state index in [-0.39, 0.29) is 115 Å². The molecule has 4 radical (unpaired) electrons. The van der Waals surface area contributed by atoms with Crippen LogP contribution in [0, 0.1) is 24.3 Å². The van der Waals surface area contributed by atoms with E-state index in [0.29, 0.717) is 11.5 Å². The number of aliphatic hydroxyl groups excluding tert-OH is 3. The molecule has 26 rings (SSSR count). The van der Waals surface area contributed by atoms with Gasteiger partial charge in [-0.1, -0.05) is 278 Å². The Morgan fingerprint density at radius 3 is 1.51 bits per heavy atom. The predicted octanol–water partition coefficient (Wildman–Crippen LogP) is 33.8. The van der Waals surface area contributed by atoms with Crippen LogP contribution in [0.25, 0.3) is 234 Å². The number of aliphatic hydroxyl groups is 3. The van der Waals surface area contributed by atoms with Gasteiger partial charge < -0.3 is 43.5 Å². The maximum atomic E-state index is 10.4. The van der Waals surface area contributed by atoms with E-state index in [1.54, 1.807) is 6.92 Å². The zero-order chi connectivity index (χ0) is 96.5. The van der Waals surface area contributed by atoms with E-state index >= 15 is 0 Å². The van der Waals surface area contributed by atoms with Crippen molar-refractivity contribution in [2.75, 3.05) is 0 Å². The first-order chi connectivity index (χ1) is 68.1. The summed E-state index contributed by atoms with van der Waals surface area (Å²) in [7, 11) is 0. The Balaban J connectivity index is 0.000000128. The van der Waals surface area contributed by atoms with Gasteiger partial charge in [0.2, 0.25) is 0 Å². The number of carbonyl (C=O) groups excluding carboxylic acids is 3. The van der Waals surface area contributed by atoms with Gasteiger partial charge in [0.05, 0.1) is 39.5 Å². The summed E-state index contributed by atoms with van der Waals surface area (Å²) in [5.41, 5.74) is 18.3. The molecule has 13 nitrogen and oxygen atoms in total. The maximum Gasteiger partial charge on any atom is 0.158 e. The normalized spacial score (nSPS) is 11.8. The predicted molar refractivity (Wildman–Crippen MR) is 579 cm³/mol. The van der Waals surface area contributed by atoms with Crippen LogP contribution in [0.1, 0.15) is 84.9 Å². The van der Waals surface area contributed by atoms with Crippen LogP contribution in [-0.2, 0) is 101 Å². The van der Waals surface area contributed by atoms with Gasteiger partial charge in [-0.2, -0.15) is 11.3 Å². The first-order valence-electron chi connectivity index (χ1n) is 46.4. The zero-order valence-electron chi connectivity index (χ0n) is 79.7. The van der Waals surface area contributed by atoms with Gasteiger partial charge in [-0.3, -0.25) is 19.4 Å². The molecule has 1 aliphatic carbocycles. The average Bonchev–Trinajstić information content (AvgIpc) is 1.56. The first kappa shape index (κ1) is 102. The number of thiophene rings is 1. The molecule has 8 aromatic heterocycles. The second kappa shape index (κ2) is 44.4. The maximum absolute atomic E-state index is 10.4. The van der Waals surface area contributed by atoms with Crippen molar-refractivity contribution < 1.29 is 123 Å². The number of furan rings is 3. The number of Topliss-reactive ketones (excluding diaryl/α,β-unsaturated/α-hetero) is 1. The molecule has 716 valence electrons. The molecule has 144 heavy (non-hydrogen) atoms. The molecule has 1 aliphatic rings. The third kappa shape index (κ3) is 20.5. The van der Waals surface area contributed by atoms with E-state index in [0.717, 1.165) is 134 Å². The Hall–Kier alpha value is -14.7. The van der Waals surface area contributed by atoms with E-state index in [1.807, 2.05) is 115 Å². The molecule has 0 unspecified atom stereocenters. The second-order valence-corrected chi connectivity index (χ2v) is 36.3. The topological polar surface area (TPSA) is 203 Å². The smallest absolute Gasteiger partial charge is 0.158 e. The van der Waals surface area contributed by atoms with Crippen molar-refractivity contribution in [1.29, 1.82) is 0 Å². The van der Waals surface area contributed by atoms with Crippen LogP contribution >= 0.6 is 11.3 Å². The van der Waals surface area contributed by atoms with Gasteiger partial charge in [0.15, 0.2) is 17.3 Å². The van der Waals surface area contributed by atoms with Gasteiger partial charge in [-0.25, -0.2) is 0 Å². The Labute approximate surface area is 888 Å². The molecule has 0 bridgehead atoms. The molecule has 18 heteroatoms. The number of hydrogen-bond donors (Lipinski definition) is 3. The summed E-state index contributed by atoms with van der Waals surface area (Å²) in [5, 5.41) is 55.8. The summed E-state index contributed by atoms with van der Waals surface area (Å²) >= 11 is 1.86. The average molecular weight is 2610 g/mol. The molecule has 0 atom stereocenters. The number of carbonyl (C=O) groups is 3. The summed E-state index contributed by atoms with van der Waals surface area (Å²) in [6.45, 7) is 14.6. The zero-order valence-corrected chi connectivity index (χ0v) is 90.1. The molecule has 25 aromatic rings. The molecule has 0 amide bonds. The molecule has 0 aliphatic heterocycles. The second-order valence-electron chi connectivity index (χ2n) is 35.2. The molecule has 17 aromatic carbocycles. The Kier molecular flexibility index (Phi) is 31.5. The summed E-state index contributed by atoms with van der Waals surface area (Å²) in [4.78, 5) is 49.1. The molecule has 0 spiro atoms. The number of hydrogen-bond acceptors (Lipinski definition) is 14. The Morgan fingerprint density at radius 2 is 0.882 bits per heavy atom. The summed E-state index contributed by atoms with van der Waals surface area (Å²) in [5.74, 6) is 0.360. The molecule has 8 heterocycles. The summed E-state index contributed by atoms with van der Waals surface area (Å²) in [6.07, 6.45) is 13.5. The van der Waals surface area contributed by atoms with Crippen LogP contribution in [0.4, 0.5) is 0 Å². The molecule has 0 saturated heterocycles. The van der Waals surface area contributed by atoms with Crippen LogP contribution in [-0.4, -0.2) is 52.6 Å². The minimum atomic E-state index is -0.125. The Morgan fingerprint density at radius 1 is 0.368 bits per heavy atom. The fraction of sp³-hybridized carbons (Fsp3) is 0.0873. The molecule has 3 N–H and O–H groups in total. The van der Waals surface area contributed by atoms with Gasteiger partial charge in [0.25, 0.3) is 0 Å². The number of rotatable bonds is 8. The molecular weight excluding hydrogens is 2510 g/mol. The number of nitrogens with zero attached hydrogens (tertiary/aromatic N) is 4. The van der Waals surface area contributed by atoms with E-state index in [9.17, 15) is 14.4 Å². The van der Waals surface area contributed by atoms with Crippen LogP contribution in [0.15, 0.2) is 388 Å². The SMILES string of the molecule is CC(=O)C(C)=C(C)O.CC(=O)C=C(C)O.CC(=O)C=C(C)O.CC(C)c1ccc(-c2[c-]ccc3oc4c5ccccc5c5ccccc5c4c23)nc1.[Ir].[Ir].[Ir].[Ir].[c-]1cc2oc3cc4c5ccccc5c5ccccc5c4cc3c2cc1-c1ccccn1.[c-]1ccc2c(oc3cc4ccc5ccccc5c4cc32)c1-c1ccc2ccccc2n1.[c-]1ccc2sc3cc4c5c(cccc5c3c2c1-c1ccccn1)CC=C4.